The summed E-state index contributed by atoms with van der Waals surface area (Å²) in [5, 5.41) is 14.1. The first-order chi connectivity index (χ1) is 18.3. The van der Waals surface area contributed by atoms with Gasteiger partial charge in [-0.1, -0.05) is 41.4 Å². The van der Waals surface area contributed by atoms with Crippen molar-refractivity contribution in [1.82, 2.24) is 9.66 Å². The molecule has 4 aromatic rings. The molecule has 0 aliphatic heterocycles. The summed E-state index contributed by atoms with van der Waals surface area (Å²) in [4.78, 5) is 29.1. The van der Waals surface area contributed by atoms with Crippen LogP contribution >= 0.6 is 31.9 Å². The van der Waals surface area contributed by atoms with Gasteiger partial charge in [-0.2, -0.15) is 9.78 Å². The summed E-state index contributed by atoms with van der Waals surface area (Å²) in [6, 6.07) is 15.5. The number of halogens is 2. The van der Waals surface area contributed by atoms with Crippen LogP contribution in [-0.4, -0.2) is 34.1 Å². The molecule has 0 unspecified atom stereocenters. The lowest BCUT2D eigenvalue weighted by Gasteiger charge is -2.14. The highest BCUT2D eigenvalue weighted by Crippen LogP contribution is 2.37. The van der Waals surface area contributed by atoms with Crippen molar-refractivity contribution in [2.24, 2.45) is 5.10 Å². The molecular weight excluding hydrogens is 618 g/mol. The number of benzene rings is 3. The number of ether oxygens (including phenoxy) is 2. The Balaban J connectivity index is 1.63. The standard InChI is InChI=1S/C28H25Br2N3O5/c1-3-4-5-25-32-23-11-10-20(29)14-21(23)27(34)33(25)31-15-18-12-22(30)26(24(13-18)37-2)38-16-17-6-8-19(9-7-17)28(35)36/h6-15H,3-5,16H2,1-2H3,(H,35,36). The molecular formula is C28H25Br2N3O5. The van der Waals surface area contributed by atoms with Gasteiger partial charge in [0.25, 0.3) is 5.56 Å². The van der Waals surface area contributed by atoms with E-state index in [9.17, 15) is 9.59 Å². The molecule has 3 aromatic carbocycles. The van der Waals surface area contributed by atoms with Crippen LogP contribution in [0.5, 0.6) is 11.5 Å². The number of hydrogen-bond donors (Lipinski definition) is 1. The van der Waals surface area contributed by atoms with E-state index >= 15 is 0 Å². The first-order valence-corrected chi connectivity index (χ1v) is 13.5. The van der Waals surface area contributed by atoms with Crippen LogP contribution in [0.15, 0.2) is 73.4 Å². The van der Waals surface area contributed by atoms with Crippen molar-refractivity contribution < 1.29 is 19.4 Å². The van der Waals surface area contributed by atoms with Gasteiger partial charge in [0.2, 0.25) is 0 Å². The third kappa shape index (κ3) is 6.31. The number of methoxy groups -OCH3 is 1. The monoisotopic (exact) mass is 641 g/mol. The average Bonchev–Trinajstić information content (AvgIpc) is 2.91. The van der Waals surface area contributed by atoms with Gasteiger partial charge in [0.05, 0.1) is 34.3 Å². The quantitative estimate of drug-likeness (QED) is 0.200. The fraction of sp³-hybridized carbons (Fsp3) is 0.214. The second kappa shape index (κ2) is 12.4. The van der Waals surface area contributed by atoms with E-state index in [0.29, 0.717) is 44.7 Å². The maximum absolute atomic E-state index is 13.3. The summed E-state index contributed by atoms with van der Waals surface area (Å²) in [6.45, 7) is 2.30. The van der Waals surface area contributed by atoms with Crippen LogP contribution in [0.1, 0.15) is 47.1 Å². The number of rotatable bonds is 10. The fourth-order valence-corrected chi connectivity index (χ4v) is 4.72. The summed E-state index contributed by atoms with van der Waals surface area (Å²) in [7, 11) is 1.54. The number of hydrogen-bond acceptors (Lipinski definition) is 6. The summed E-state index contributed by atoms with van der Waals surface area (Å²) in [5.74, 6) is 0.584. The van der Waals surface area contributed by atoms with Crippen LogP contribution in [0, 0.1) is 0 Å². The maximum atomic E-state index is 13.3. The molecule has 0 aliphatic carbocycles. The zero-order valence-corrected chi connectivity index (χ0v) is 24.0. The molecule has 0 atom stereocenters. The van der Waals surface area contributed by atoms with Gasteiger partial charge in [-0.05, 0) is 75.9 Å². The molecule has 0 saturated heterocycles. The van der Waals surface area contributed by atoms with Crippen LogP contribution in [0.2, 0.25) is 0 Å². The van der Waals surface area contributed by atoms with Gasteiger partial charge < -0.3 is 14.6 Å². The molecule has 1 N–H and O–H groups in total. The van der Waals surface area contributed by atoms with Crippen molar-refractivity contribution in [3.63, 3.8) is 0 Å². The number of aryl methyl sites for hydroxylation is 1. The van der Waals surface area contributed by atoms with Gasteiger partial charge in [0.15, 0.2) is 11.5 Å². The van der Waals surface area contributed by atoms with Crippen molar-refractivity contribution in [2.75, 3.05) is 7.11 Å². The molecule has 10 heteroatoms. The van der Waals surface area contributed by atoms with E-state index in [1.54, 1.807) is 30.5 Å². The molecule has 0 spiro atoms. The number of carbonyl (C=O) groups is 1. The molecule has 0 amide bonds. The van der Waals surface area contributed by atoms with E-state index in [-0.39, 0.29) is 17.7 Å². The second-order valence-corrected chi connectivity index (χ2v) is 10.2. The molecule has 0 radical (unpaired) electrons. The van der Waals surface area contributed by atoms with E-state index in [1.165, 1.54) is 23.9 Å². The second-order valence-electron chi connectivity index (χ2n) is 8.48. The zero-order valence-electron chi connectivity index (χ0n) is 20.8. The van der Waals surface area contributed by atoms with E-state index < -0.39 is 5.97 Å². The van der Waals surface area contributed by atoms with Crippen molar-refractivity contribution in [2.45, 2.75) is 32.8 Å². The topological polar surface area (TPSA) is 103 Å². The molecule has 1 heterocycles. The lowest BCUT2D eigenvalue weighted by atomic mass is 10.1. The molecule has 1 aromatic heterocycles. The molecule has 196 valence electrons. The third-order valence-electron chi connectivity index (χ3n) is 5.79. The predicted molar refractivity (Wildman–Crippen MR) is 154 cm³/mol. The number of aromatic nitrogens is 2. The number of aromatic carboxylic acids is 1. The normalized spacial score (nSPS) is 11.3. The highest BCUT2D eigenvalue weighted by Gasteiger charge is 2.14. The van der Waals surface area contributed by atoms with Gasteiger partial charge >= 0.3 is 5.97 Å². The van der Waals surface area contributed by atoms with Crippen LogP contribution in [-0.2, 0) is 13.0 Å². The molecule has 0 fully saturated rings. The number of unbranched alkanes of at least 4 members (excludes halogenated alkanes) is 1. The summed E-state index contributed by atoms with van der Waals surface area (Å²) >= 11 is 6.97. The Bertz CT molecular complexity index is 1570. The number of carboxylic acids is 1. The van der Waals surface area contributed by atoms with Crippen LogP contribution in [0.25, 0.3) is 10.9 Å². The Morgan fingerprint density at radius 2 is 1.89 bits per heavy atom. The smallest absolute Gasteiger partial charge is 0.335 e. The highest BCUT2D eigenvalue weighted by molar-refractivity contribution is 9.10. The van der Waals surface area contributed by atoms with Gasteiger partial charge in [0.1, 0.15) is 12.4 Å². The Morgan fingerprint density at radius 1 is 1.13 bits per heavy atom. The van der Waals surface area contributed by atoms with Gasteiger partial charge in [-0.3, -0.25) is 4.79 Å². The van der Waals surface area contributed by atoms with E-state index in [0.717, 1.165) is 22.9 Å². The molecule has 4 rings (SSSR count). The third-order valence-corrected chi connectivity index (χ3v) is 6.87. The molecule has 8 nitrogen and oxygen atoms in total. The SMILES string of the molecule is CCCCc1nc2ccc(Br)cc2c(=O)n1N=Cc1cc(Br)c(OCc2ccc(C(=O)O)cc2)c(OC)c1. The number of carboxylic acid groups (broad SMARTS) is 1. The molecule has 0 bridgehead atoms. The van der Waals surface area contributed by atoms with E-state index in [1.807, 2.05) is 18.2 Å². The van der Waals surface area contributed by atoms with Gasteiger partial charge in [-0.25, -0.2) is 9.78 Å². The van der Waals surface area contributed by atoms with Crippen LogP contribution < -0.4 is 15.0 Å². The van der Waals surface area contributed by atoms with E-state index in [2.05, 4.69) is 43.9 Å². The molecule has 38 heavy (non-hydrogen) atoms. The summed E-state index contributed by atoms with van der Waals surface area (Å²) in [6.07, 6.45) is 4.06. The van der Waals surface area contributed by atoms with Crippen molar-refractivity contribution in [3.8, 4) is 11.5 Å². The number of nitrogens with zero attached hydrogens (tertiary/aromatic N) is 3. The summed E-state index contributed by atoms with van der Waals surface area (Å²) < 4.78 is 14.3. The van der Waals surface area contributed by atoms with Crippen LogP contribution in [0.3, 0.4) is 0 Å². The average molecular weight is 643 g/mol. The zero-order chi connectivity index (χ0) is 27.2. The minimum atomic E-state index is -0.980. The largest absolute Gasteiger partial charge is 0.493 e. The minimum absolute atomic E-state index is 0.211. The predicted octanol–water partition coefficient (Wildman–Crippen LogP) is 6.43. The Labute approximate surface area is 236 Å². The summed E-state index contributed by atoms with van der Waals surface area (Å²) in [5.41, 5.74) is 2.11. The Hall–Kier alpha value is -3.50. The lowest BCUT2D eigenvalue weighted by molar-refractivity contribution is 0.0697. The molecule has 0 aliphatic rings. The van der Waals surface area contributed by atoms with Crippen LogP contribution in [0.4, 0.5) is 0 Å². The van der Waals surface area contributed by atoms with Gasteiger partial charge in [-0.15, -0.1) is 0 Å². The lowest BCUT2D eigenvalue weighted by Crippen LogP contribution is -2.22. The highest BCUT2D eigenvalue weighted by atomic mass is 79.9. The fourth-order valence-electron chi connectivity index (χ4n) is 3.79. The minimum Gasteiger partial charge on any atom is -0.493 e. The first-order valence-electron chi connectivity index (χ1n) is 11.9. The maximum Gasteiger partial charge on any atom is 0.335 e. The Kier molecular flexibility index (Phi) is 8.96. The molecule has 0 saturated carbocycles. The van der Waals surface area contributed by atoms with E-state index in [4.69, 9.17) is 19.6 Å². The van der Waals surface area contributed by atoms with Crippen molar-refractivity contribution in [3.05, 3.63) is 96.4 Å². The number of fused-ring (bicyclic) bond motifs is 1. The van der Waals surface area contributed by atoms with Crippen molar-refractivity contribution >= 4 is 54.9 Å². The van der Waals surface area contributed by atoms with Crippen molar-refractivity contribution in [1.29, 1.82) is 0 Å². The first kappa shape index (κ1) is 27.5. The van der Waals surface area contributed by atoms with Gasteiger partial charge in [0, 0.05) is 10.9 Å². The Morgan fingerprint density at radius 3 is 2.58 bits per heavy atom.